The first-order chi connectivity index (χ1) is 13.3. The van der Waals surface area contributed by atoms with Gasteiger partial charge < -0.3 is 10.2 Å². The third-order valence-electron chi connectivity index (χ3n) is 5.77. The van der Waals surface area contributed by atoms with Crippen LogP contribution < -0.4 is 10.2 Å². The van der Waals surface area contributed by atoms with Crippen LogP contribution in [0.1, 0.15) is 41.5 Å². The number of benzene rings is 2. The third-order valence-corrected chi connectivity index (χ3v) is 5.77. The molecular weight excluding hydrogens is 332 g/mol. The summed E-state index contributed by atoms with van der Waals surface area (Å²) in [5.41, 5.74) is 6.79. The molecule has 2 aromatic carbocycles. The molecule has 0 radical (unpaired) electrons. The molecule has 2 aliphatic heterocycles. The minimum atomic E-state index is 0.449. The van der Waals surface area contributed by atoms with Crippen LogP contribution in [0.15, 0.2) is 54.9 Å². The topological polar surface area (TPSA) is 41.1 Å². The van der Waals surface area contributed by atoms with E-state index < -0.39 is 0 Å². The molecule has 27 heavy (non-hydrogen) atoms. The number of fused-ring (bicyclic) bond motifs is 2. The van der Waals surface area contributed by atoms with Gasteiger partial charge in [-0.25, -0.2) is 9.97 Å². The molecule has 3 heterocycles. The first-order valence-electron chi connectivity index (χ1n) is 9.82. The standard InChI is InChI=1S/C23H24N4/c1-16-13-20-22(24-14-17-7-3-2-4-8-17)25-15-26-23(20)27-12-6-10-18-9-5-11-19(16)21(18)27/h2-5,7-9,11,15-16H,6,10,12-14H2,1H3,(H,24,25,26). The molecule has 1 aromatic heterocycles. The molecule has 0 spiro atoms. The van der Waals surface area contributed by atoms with E-state index >= 15 is 0 Å². The minimum absolute atomic E-state index is 0.449. The Hall–Kier alpha value is -2.88. The van der Waals surface area contributed by atoms with Crippen LogP contribution in [0.25, 0.3) is 0 Å². The lowest BCUT2D eigenvalue weighted by Crippen LogP contribution is -2.26. The number of nitrogens with zero attached hydrogens (tertiary/aromatic N) is 3. The average Bonchev–Trinajstić information content (AvgIpc) is 2.84. The maximum atomic E-state index is 4.73. The van der Waals surface area contributed by atoms with Crippen molar-refractivity contribution in [3.05, 3.63) is 77.1 Å². The second-order valence-electron chi connectivity index (χ2n) is 7.58. The normalized spacial score (nSPS) is 17.7. The predicted octanol–water partition coefficient (Wildman–Crippen LogP) is 4.83. The maximum Gasteiger partial charge on any atom is 0.141 e. The molecule has 4 heteroatoms. The van der Waals surface area contributed by atoms with Crippen LogP contribution in [0, 0.1) is 0 Å². The van der Waals surface area contributed by atoms with E-state index in [4.69, 9.17) is 4.98 Å². The molecule has 0 bridgehead atoms. The molecule has 0 saturated carbocycles. The van der Waals surface area contributed by atoms with E-state index in [9.17, 15) is 0 Å². The van der Waals surface area contributed by atoms with Gasteiger partial charge in [0.1, 0.15) is 18.0 Å². The Morgan fingerprint density at radius 3 is 2.85 bits per heavy atom. The summed E-state index contributed by atoms with van der Waals surface area (Å²) in [4.78, 5) is 11.8. The van der Waals surface area contributed by atoms with Gasteiger partial charge in [-0.05, 0) is 41.9 Å². The number of aromatic nitrogens is 2. The lowest BCUT2D eigenvalue weighted by atomic mass is 9.90. The van der Waals surface area contributed by atoms with Crippen molar-refractivity contribution in [2.24, 2.45) is 0 Å². The molecule has 4 nitrogen and oxygen atoms in total. The molecule has 5 rings (SSSR count). The van der Waals surface area contributed by atoms with E-state index in [1.807, 2.05) is 6.07 Å². The number of hydrogen-bond acceptors (Lipinski definition) is 4. The minimum Gasteiger partial charge on any atom is -0.366 e. The lowest BCUT2D eigenvalue weighted by Gasteiger charge is -2.32. The number of hydrogen-bond donors (Lipinski definition) is 1. The zero-order chi connectivity index (χ0) is 18.2. The molecule has 136 valence electrons. The fraction of sp³-hybridized carbons (Fsp3) is 0.304. The molecule has 2 aliphatic rings. The zero-order valence-electron chi connectivity index (χ0n) is 15.7. The molecule has 0 fully saturated rings. The van der Waals surface area contributed by atoms with Crippen LogP contribution in [0.3, 0.4) is 0 Å². The summed E-state index contributed by atoms with van der Waals surface area (Å²) < 4.78 is 0. The van der Waals surface area contributed by atoms with E-state index in [-0.39, 0.29) is 0 Å². The highest BCUT2D eigenvalue weighted by Gasteiger charge is 2.31. The fourth-order valence-electron chi connectivity index (χ4n) is 4.46. The summed E-state index contributed by atoms with van der Waals surface area (Å²) in [7, 11) is 0. The molecule has 0 saturated heterocycles. The summed E-state index contributed by atoms with van der Waals surface area (Å²) in [5, 5.41) is 3.56. The molecule has 0 amide bonds. The molecule has 1 atom stereocenters. The Balaban J connectivity index is 1.56. The van der Waals surface area contributed by atoms with Crippen LogP contribution in [0.2, 0.25) is 0 Å². The number of aryl methyl sites for hydroxylation is 1. The highest BCUT2D eigenvalue weighted by Crippen LogP contribution is 2.45. The summed E-state index contributed by atoms with van der Waals surface area (Å²) >= 11 is 0. The van der Waals surface area contributed by atoms with Crippen molar-refractivity contribution in [2.45, 2.75) is 38.6 Å². The molecule has 1 unspecified atom stereocenters. The summed E-state index contributed by atoms with van der Waals surface area (Å²) in [6, 6.07) is 17.3. The quantitative estimate of drug-likeness (QED) is 0.729. The van der Waals surface area contributed by atoms with Crippen LogP contribution in [0.5, 0.6) is 0 Å². The van der Waals surface area contributed by atoms with E-state index in [1.165, 1.54) is 34.4 Å². The molecular formula is C23H24N4. The molecule has 1 N–H and O–H groups in total. The highest BCUT2D eigenvalue weighted by atomic mass is 15.2. The van der Waals surface area contributed by atoms with Crippen LogP contribution in [-0.2, 0) is 19.4 Å². The zero-order valence-corrected chi connectivity index (χ0v) is 15.7. The van der Waals surface area contributed by atoms with E-state index in [2.05, 4.69) is 64.6 Å². The predicted molar refractivity (Wildman–Crippen MR) is 110 cm³/mol. The van der Waals surface area contributed by atoms with Crippen molar-refractivity contribution < 1.29 is 0 Å². The maximum absolute atomic E-state index is 4.73. The van der Waals surface area contributed by atoms with E-state index in [0.29, 0.717) is 5.92 Å². The number of nitrogens with one attached hydrogen (secondary N) is 1. The van der Waals surface area contributed by atoms with Crippen molar-refractivity contribution >= 4 is 17.3 Å². The van der Waals surface area contributed by atoms with Gasteiger partial charge in [0.15, 0.2) is 0 Å². The van der Waals surface area contributed by atoms with Crippen molar-refractivity contribution in [1.29, 1.82) is 0 Å². The van der Waals surface area contributed by atoms with Gasteiger partial charge in [-0.2, -0.15) is 0 Å². The lowest BCUT2D eigenvalue weighted by molar-refractivity contribution is 0.746. The Labute approximate surface area is 160 Å². The van der Waals surface area contributed by atoms with Gasteiger partial charge in [-0.3, -0.25) is 0 Å². The van der Waals surface area contributed by atoms with Gasteiger partial charge in [0.05, 0.1) is 0 Å². The summed E-state index contributed by atoms with van der Waals surface area (Å²) in [5.74, 6) is 2.50. The van der Waals surface area contributed by atoms with Gasteiger partial charge in [0.25, 0.3) is 0 Å². The van der Waals surface area contributed by atoms with E-state index in [0.717, 1.165) is 37.6 Å². The fourth-order valence-corrected chi connectivity index (χ4v) is 4.46. The SMILES string of the molecule is CC1Cc2c(NCc3ccccc3)ncnc2N2CCCc3cccc1c32. The Morgan fingerprint density at radius 2 is 1.96 bits per heavy atom. The largest absolute Gasteiger partial charge is 0.366 e. The number of anilines is 3. The number of rotatable bonds is 3. The first-order valence-corrected chi connectivity index (χ1v) is 9.82. The van der Waals surface area contributed by atoms with Crippen LogP contribution in [-0.4, -0.2) is 16.5 Å². The van der Waals surface area contributed by atoms with Crippen molar-refractivity contribution in [3.8, 4) is 0 Å². The number of para-hydroxylation sites is 1. The van der Waals surface area contributed by atoms with Gasteiger partial charge in [0, 0.05) is 24.3 Å². The van der Waals surface area contributed by atoms with Gasteiger partial charge in [0.2, 0.25) is 0 Å². The third kappa shape index (κ3) is 2.85. The van der Waals surface area contributed by atoms with Crippen LogP contribution >= 0.6 is 0 Å². The Bertz CT molecular complexity index is 967. The van der Waals surface area contributed by atoms with Crippen molar-refractivity contribution in [2.75, 3.05) is 16.8 Å². The smallest absolute Gasteiger partial charge is 0.141 e. The Kier molecular flexibility index (Phi) is 4.04. The van der Waals surface area contributed by atoms with Crippen molar-refractivity contribution in [1.82, 2.24) is 9.97 Å². The molecule has 3 aromatic rings. The van der Waals surface area contributed by atoms with Crippen LogP contribution in [0.4, 0.5) is 17.3 Å². The highest BCUT2D eigenvalue weighted by molar-refractivity contribution is 5.76. The second-order valence-corrected chi connectivity index (χ2v) is 7.58. The summed E-state index contributed by atoms with van der Waals surface area (Å²) in [6.45, 7) is 4.13. The summed E-state index contributed by atoms with van der Waals surface area (Å²) in [6.07, 6.45) is 4.99. The van der Waals surface area contributed by atoms with Gasteiger partial charge in [-0.15, -0.1) is 0 Å². The average molecular weight is 356 g/mol. The van der Waals surface area contributed by atoms with Gasteiger partial charge >= 0.3 is 0 Å². The monoisotopic (exact) mass is 356 g/mol. The van der Waals surface area contributed by atoms with Crippen molar-refractivity contribution in [3.63, 3.8) is 0 Å². The first kappa shape index (κ1) is 16.3. The molecule has 0 aliphatic carbocycles. The Morgan fingerprint density at radius 1 is 1.07 bits per heavy atom. The van der Waals surface area contributed by atoms with E-state index in [1.54, 1.807) is 6.33 Å². The van der Waals surface area contributed by atoms with Gasteiger partial charge in [-0.1, -0.05) is 55.5 Å². The second kappa shape index (κ2) is 6.69.